The Balaban J connectivity index is 1.97. The topological polar surface area (TPSA) is 56.7 Å². The lowest BCUT2D eigenvalue weighted by Gasteiger charge is -2.31. The highest BCUT2D eigenvalue weighted by atomic mass is 79.9. The number of rotatable bonds is 5. The molecule has 2 rings (SSSR count). The standard InChI is InChI=1S/C18H26BrFN4O/c1-21-17(22-11-13-10-14(20)6-7-15(13)19)23-12-18(8-4-5-9-18)16(25)24(2)3/h6-7,10H,4-5,8-9,11-12H2,1-3H3,(H2,21,22,23). The molecular weight excluding hydrogens is 387 g/mol. The molecule has 0 aromatic heterocycles. The Labute approximate surface area is 157 Å². The Morgan fingerprint density at radius 2 is 2.00 bits per heavy atom. The van der Waals surface area contributed by atoms with Crippen molar-refractivity contribution in [2.24, 2.45) is 10.4 Å². The number of aliphatic imine (C=N–C) groups is 1. The van der Waals surface area contributed by atoms with Crippen LogP contribution in [0.2, 0.25) is 0 Å². The average Bonchev–Trinajstić information content (AvgIpc) is 3.07. The quantitative estimate of drug-likeness (QED) is 0.577. The molecule has 0 aliphatic heterocycles. The summed E-state index contributed by atoms with van der Waals surface area (Å²) in [5, 5.41) is 6.46. The van der Waals surface area contributed by atoms with E-state index in [1.54, 1.807) is 32.1 Å². The minimum atomic E-state index is -0.361. The highest BCUT2D eigenvalue weighted by Crippen LogP contribution is 2.38. The van der Waals surface area contributed by atoms with E-state index in [2.05, 4.69) is 31.6 Å². The molecule has 1 aliphatic carbocycles. The summed E-state index contributed by atoms with van der Waals surface area (Å²) >= 11 is 3.42. The first-order valence-electron chi connectivity index (χ1n) is 8.48. The second-order valence-electron chi connectivity index (χ2n) is 6.70. The molecule has 1 fully saturated rings. The van der Waals surface area contributed by atoms with Gasteiger partial charge in [-0.15, -0.1) is 0 Å². The smallest absolute Gasteiger partial charge is 0.230 e. The fraction of sp³-hybridized carbons (Fsp3) is 0.556. The first-order chi connectivity index (χ1) is 11.9. The van der Waals surface area contributed by atoms with Crippen LogP contribution in [0.4, 0.5) is 4.39 Å². The number of carbonyl (C=O) groups is 1. The summed E-state index contributed by atoms with van der Waals surface area (Å²) in [7, 11) is 5.29. The average molecular weight is 413 g/mol. The number of benzene rings is 1. The molecule has 5 nitrogen and oxygen atoms in total. The first-order valence-corrected chi connectivity index (χ1v) is 9.27. The molecule has 0 spiro atoms. The Morgan fingerprint density at radius 1 is 1.32 bits per heavy atom. The fourth-order valence-electron chi connectivity index (χ4n) is 3.32. The second kappa shape index (κ2) is 8.65. The largest absolute Gasteiger partial charge is 0.355 e. The molecule has 1 aromatic rings. The molecule has 0 unspecified atom stereocenters. The van der Waals surface area contributed by atoms with E-state index in [4.69, 9.17) is 0 Å². The monoisotopic (exact) mass is 412 g/mol. The molecule has 2 N–H and O–H groups in total. The van der Waals surface area contributed by atoms with Crippen molar-refractivity contribution in [3.63, 3.8) is 0 Å². The fourth-order valence-corrected chi connectivity index (χ4v) is 3.71. The number of hydrogen-bond acceptors (Lipinski definition) is 2. The van der Waals surface area contributed by atoms with E-state index < -0.39 is 0 Å². The number of halogens is 2. The van der Waals surface area contributed by atoms with Gasteiger partial charge in [0.15, 0.2) is 5.96 Å². The number of nitrogens with zero attached hydrogens (tertiary/aromatic N) is 2. The van der Waals surface area contributed by atoms with Gasteiger partial charge in [-0.1, -0.05) is 28.8 Å². The summed E-state index contributed by atoms with van der Waals surface area (Å²) in [6, 6.07) is 4.58. The van der Waals surface area contributed by atoms with Crippen molar-refractivity contribution in [3.05, 3.63) is 34.1 Å². The van der Waals surface area contributed by atoms with Crippen molar-refractivity contribution < 1.29 is 9.18 Å². The van der Waals surface area contributed by atoms with Gasteiger partial charge in [-0.05, 0) is 36.6 Å². The predicted molar refractivity (Wildman–Crippen MR) is 102 cm³/mol. The maximum Gasteiger partial charge on any atom is 0.230 e. The summed E-state index contributed by atoms with van der Waals surface area (Å²) in [6.07, 6.45) is 3.93. The third-order valence-electron chi connectivity index (χ3n) is 4.69. The number of guanidine groups is 1. The summed E-state index contributed by atoms with van der Waals surface area (Å²) in [5.41, 5.74) is 0.448. The highest BCUT2D eigenvalue weighted by Gasteiger charge is 2.42. The zero-order chi connectivity index (χ0) is 18.4. The van der Waals surface area contributed by atoms with Gasteiger partial charge in [-0.25, -0.2) is 4.39 Å². The van der Waals surface area contributed by atoms with Crippen LogP contribution >= 0.6 is 15.9 Å². The van der Waals surface area contributed by atoms with Crippen LogP contribution in [-0.2, 0) is 11.3 Å². The number of nitrogens with one attached hydrogen (secondary N) is 2. The predicted octanol–water partition coefficient (Wildman–Crippen LogP) is 2.90. The number of hydrogen-bond donors (Lipinski definition) is 2. The third-order valence-corrected chi connectivity index (χ3v) is 5.47. The molecule has 1 aliphatic rings. The van der Waals surface area contributed by atoms with Gasteiger partial charge in [0.05, 0.1) is 5.41 Å². The van der Waals surface area contributed by atoms with Gasteiger partial charge in [0.1, 0.15) is 5.82 Å². The van der Waals surface area contributed by atoms with Crippen molar-refractivity contribution in [3.8, 4) is 0 Å². The molecule has 0 bridgehead atoms. The Bertz CT molecular complexity index is 642. The van der Waals surface area contributed by atoms with Crippen molar-refractivity contribution in [1.29, 1.82) is 0 Å². The Morgan fingerprint density at radius 3 is 2.60 bits per heavy atom. The molecule has 138 valence electrons. The zero-order valence-corrected chi connectivity index (χ0v) is 16.6. The summed E-state index contributed by atoms with van der Waals surface area (Å²) in [6.45, 7) is 0.987. The van der Waals surface area contributed by atoms with E-state index >= 15 is 0 Å². The number of amides is 1. The van der Waals surface area contributed by atoms with Gasteiger partial charge in [0.2, 0.25) is 5.91 Å². The van der Waals surface area contributed by atoms with Gasteiger partial charge in [0, 0.05) is 38.7 Å². The summed E-state index contributed by atoms with van der Waals surface area (Å²) < 4.78 is 14.2. The van der Waals surface area contributed by atoms with Crippen LogP contribution in [0, 0.1) is 11.2 Å². The zero-order valence-electron chi connectivity index (χ0n) is 15.0. The molecule has 7 heteroatoms. The van der Waals surface area contributed by atoms with Gasteiger partial charge in [-0.3, -0.25) is 9.79 Å². The van der Waals surface area contributed by atoms with Gasteiger partial charge < -0.3 is 15.5 Å². The minimum absolute atomic E-state index is 0.167. The van der Waals surface area contributed by atoms with Crippen molar-refractivity contribution in [1.82, 2.24) is 15.5 Å². The van der Waals surface area contributed by atoms with E-state index in [-0.39, 0.29) is 17.1 Å². The van der Waals surface area contributed by atoms with Crippen molar-refractivity contribution in [2.75, 3.05) is 27.7 Å². The molecule has 1 amide bonds. The van der Waals surface area contributed by atoms with Crippen LogP contribution in [0.15, 0.2) is 27.7 Å². The Kier molecular flexibility index (Phi) is 6.81. The van der Waals surface area contributed by atoms with E-state index in [1.807, 2.05) is 0 Å². The van der Waals surface area contributed by atoms with E-state index in [0.717, 1.165) is 35.7 Å². The highest BCUT2D eigenvalue weighted by molar-refractivity contribution is 9.10. The maximum absolute atomic E-state index is 13.4. The SMILES string of the molecule is CN=C(NCc1cc(F)ccc1Br)NCC1(C(=O)N(C)C)CCCC1. The summed E-state index contributed by atoms with van der Waals surface area (Å²) in [5.74, 6) is 0.499. The molecule has 1 aromatic carbocycles. The third kappa shape index (κ3) is 4.93. The lowest BCUT2D eigenvalue weighted by Crippen LogP contribution is -2.49. The van der Waals surface area contributed by atoms with E-state index in [9.17, 15) is 9.18 Å². The molecule has 0 atom stereocenters. The van der Waals surface area contributed by atoms with Crippen LogP contribution in [0.5, 0.6) is 0 Å². The number of carbonyl (C=O) groups excluding carboxylic acids is 1. The molecule has 25 heavy (non-hydrogen) atoms. The van der Waals surface area contributed by atoms with Crippen LogP contribution in [-0.4, -0.2) is 44.5 Å². The summed E-state index contributed by atoms with van der Waals surface area (Å²) in [4.78, 5) is 18.5. The van der Waals surface area contributed by atoms with Gasteiger partial charge in [-0.2, -0.15) is 0 Å². The molecule has 0 saturated heterocycles. The van der Waals surface area contributed by atoms with Crippen LogP contribution in [0.25, 0.3) is 0 Å². The minimum Gasteiger partial charge on any atom is -0.355 e. The lowest BCUT2D eigenvalue weighted by atomic mass is 9.84. The lowest BCUT2D eigenvalue weighted by molar-refractivity contribution is -0.138. The van der Waals surface area contributed by atoms with E-state index in [1.165, 1.54) is 12.1 Å². The first kappa shape index (κ1) is 19.7. The molecule has 0 radical (unpaired) electrons. The molecule has 0 heterocycles. The molecular formula is C18H26BrFN4O. The second-order valence-corrected chi connectivity index (χ2v) is 7.56. The van der Waals surface area contributed by atoms with Crippen LogP contribution < -0.4 is 10.6 Å². The van der Waals surface area contributed by atoms with Crippen LogP contribution in [0.3, 0.4) is 0 Å². The van der Waals surface area contributed by atoms with Crippen molar-refractivity contribution >= 4 is 27.8 Å². The molecule has 1 saturated carbocycles. The maximum atomic E-state index is 13.4. The van der Waals surface area contributed by atoms with Crippen molar-refractivity contribution in [2.45, 2.75) is 32.2 Å². The van der Waals surface area contributed by atoms with Gasteiger partial charge >= 0.3 is 0 Å². The van der Waals surface area contributed by atoms with Crippen LogP contribution in [0.1, 0.15) is 31.2 Å². The Hall–Kier alpha value is -1.63. The normalized spacial score (nSPS) is 16.6. The van der Waals surface area contributed by atoms with Gasteiger partial charge in [0.25, 0.3) is 0 Å². The van der Waals surface area contributed by atoms with E-state index in [0.29, 0.717) is 19.0 Å².